The molecule has 1 N–H and O–H groups in total. The first-order valence-electron chi connectivity index (χ1n) is 5.46. The lowest BCUT2D eigenvalue weighted by atomic mass is 10.2. The molecule has 1 aromatic carbocycles. The van der Waals surface area contributed by atoms with E-state index < -0.39 is 0 Å². The molecule has 0 radical (unpaired) electrons. The first kappa shape index (κ1) is 13.1. The van der Waals surface area contributed by atoms with E-state index in [0.29, 0.717) is 0 Å². The quantitative estimate of drug-likeness (QED) is 0.574. The molecular weight excluding hydrogens is 216 g/mol. The Hall–Kier alpha value is -0.990. The Labute approximate surface area is 102 Å². The van der Waals surface area contributed by atoms with Gasteiger partial charge in [-0.05, 0) is 25.0 Å². The molecule has 0 bridgehead atoms. The Morgan fingerprint density at radius 2 is 2.06 bits per heavy atom. The molecule has 0 aromatic heterocycles. The molecule has 86 valence electrons. The fourth-order valence-corrected chi connectivity index (χ4v) is 2.01. The zero-order chi connectivity index (χ0) is 11.6. The van der Waals surface area contributed by atoms with Crippen LogP contribution in [0.25, 0.3) is 0 Å². The standard InChI is InChI=1S/C14H18OS/c1-2-3-8-13(15)9-7-12-16-14-10-5-4-6-11-14/h2,4-7,9-11,13,15H,1,3,8,12H2/b9-7+. The molecule has 1 rings (SSSR count). The average molecular weight is 234 g/mol. The van der Waals surface area contributed by atoms with Gasteiger partial charge in [0.2, 0.25) is 0 Å². The Morgan fingerprint density at radius 3 is 2.75 bits per heavy atom. The lowest BCUT2D eigenvalue weighted by molar-refractivity contribution is 0.214. The predicted octanol–water partition coefficient (Wildman–Crippen LogP) is 3.66. The minimum atomic E-state index is -0.339. The van der Waals surface area contributed by atoms with E-state index in [2.05, 4.69) is 18.7 Å². The highest BCUT2D eigenvalue weighted by Crippen LogP contribution is 2.16. The van der Waals surface area contributed by atoms with Gasteiger partial charge in [0.15, 0.2) is 0 Å². The van der Waals surface area contributed by atoms with Crippen molar-refractivity contribution < 1.29 is 5.11 Å². The van der Waals surface area contributed by atoms with Crippen molar-refractivity contribution in [2.24, 2.45) is 0 Å². The van der Waals surface area contributed by atoms with Crippen molar-refractivity contribution in [1.29, 1.82) is 0 Å². The number of hydrogen-bond acceptors (Lipinski definition) is 2. The van der Waals surface area contributed by atoms with Gasteiger partial charge in [0.1, 0.15) is 0 Å². The highest BCUT2D eigenvalue weighted by atomic mass is 32.2. The smallest absolute Gasteiger partial charge is 0.0724 e. The van der Waals surface area contributed by atoms with E-state index in [1.165, 1.54) is 4.90 Å². The number of hydrogen-bond donors (Lipinski definition) is 1. The predicted molar refractivity (Wildman–Crippen MR) is 71.7 cm³/mol. The van der Waals surface area contributed by atoms with Crippen LogP contribution in [-0.2, 0) is 0 Å². The zero-order valence-electron chi connectivity index (χ0n) is 9.38. The Morgan fingerprint density at radius 1 is 1.31 bits per heavy atom. The van der Waals surface area contributed by atoms with E-state index in [9.17, 15) is 5.11 Å². The van der Waals surface area contributed by atoms with Crippen molar-refractivity contribution in [2.75, 3.05) is 5.75 Å². The monoisotopic (exact) mass is 234 g/mol. The third-order valence-electron chi connectivity index (χ3n) is 2.11. The summed E-state index contributed by atoms with van der Waals surface area (Å²) >= 11 is 1.77. The normalized spacial score (nSPS) is 12.8. The van der Waals surface area contributed by atoms with Gasteiger partial charge in [-0.25, -0.2) is 0 Å². The lowest BCUT2D eigenvalue weighted by Crippen LogP contribution is -2.00. The minimum absolute atomic E-state index is 0.339. The Kier molecular flexibility index (Phi) is 6.70. The zero-order valence-corrected chi connectivity index (χ0v) is 10.2. The van der Waals surface area contributed by atoms with Gasteiger partial charge >= 0.3 is 0 Å². The maximum atomic E-state index is 9.53. The molecule has 0 aliphatic rings. The molecule has 1 unspecified atom stereocenters. The van der Waals surface area contributed by atoms with Gasteiger partial charge in [-0.3, -0.25) is 0 Å². The summed E-state index contributed by atoms with van der Waals surface area (Å²) in [6.07, 6.45) is 6.99. The summed E-state index contributed by atoms with van der Waals surface area (Å²) in [4.78, 5) is 1.26. The fourth-order valence-electron chi connectivity index (χ4n) is 1.26. The molecule has 0 heterocycles. The second-order valence-corrected chi connectivity index (χ2v) is 4.58. The largest absolute Gasteiger partial charge is 0.389 e. The van der Waals surface area contributed by atoms with Crippen LogP contribution in [-0.4, -0.2) is 17.0 Å². The van der Waals surface area contributed by atoms with Crippen LogP contribution in [0.1, 0.15) is 12.8 Å². The van der Waals surface area contributed by atoms with Gasteiger partial charge in [0.25, 0.3) is 0 Å². The van der Waals surface area contributed by atoms with Crippen LogP contribution in [0.4, 0.5) is 0 Å². The van der Waals surface area contributed by atoms with Gasteiger partial charge in [-0.1, -0.05) is 36.4 Å². The van der Waals surface area contributed by atoms with Gasteiger partial charge in [0, 0.05) is 10.6 Å². The highest BCUT2D eigenvalue weighted by molar-refractivity contribution is 7.99. The van der Waals surface area contributed by atoms with Gasteiger partial charge in [-0.15, -0.1) is 18.3 Å². The SMILES string of the molecule is C=CCCC(O)/C=C/CSc1ccccc1. The molecule has 0 saturated carbocycles. The molecule has 2 heteroatoms. The van der Waals surface area contributed by atoms with Crippen LogP contribution in [0.15, 0.2) is 60.0 Å². The van der Waals surface area contributed by atoms with Crippen molar-refractivity contribution in [2.45, 2.75) is 23.8 Å². The molecule has 0 saturated heterocycles. The topological polar surface area (TPSA) is 20.2 Å². The van der Waals surface area contributed by atoms with Gasteiger partial charge in [-0.2, -0.15) is 0 Å². The second-order valence-electron chi connectivity index (χ2n) is 3.49. The number of aliphatic hydroxyl groups is 1. The Balaban J connectivity index is 2.19. The van der Waals surface area contributed by atoms with Crippen molar-refractivity contribution in [1.82, 2.24) is 0 Å². The van der Waals surface area contributed by atoms with E-state index in [1.54, 1.807) is 11.8 Å². The van der Waals surface area contributed by atoms with E-state index in [4.69, 9.17) is 0 Å². The summed E-state index contributed by atoms with van der Waals surface area (Å²) in [7, 11) is 0. The summed E-state index contributed by atoms with van der Waals surface area (Å²) in [6.45, 7) is 3.63. The molecule has 0 amide bonds. The van der Waals surface area contributed by atoms with Crippen LogP contribution in [0.5, 0.6) is 0 Å². The van der Waals surface area contributed by atoms with Crippen molar-refractivity contribution in [3.05, 3.63) is 55.1 Å². The molecule has 1 aromatic rings. The molecule has 0 fully saturated rings. The molecule has 1 nitrogen and oxygen atoms in total. The summed E-state index contributed by atoms with van der Waals surface area (Å²) < 4.78 is 0. The van der Waals surface area contributed by atoms with E-state index in [-0.39, 0.29) is 6.10 Å². The third kappa shape index (κ3) is 5.79. The van der Waals surface area contributed by atoms with Crippen molar-refractivity contribution in [3.8, 4) is 0 Å². The van der Waals surface area contributed by atoms with E-state index in [0.717, 1.165) is 18.6 Å². The highest BCUT2D eigenvalue weighted by Gasteiger charge is 1.95. The summed E-state index contributed by atoms with van der Waals surface area (Å²) in [5.41, 5.74) is 0. The number of rotatable bonds is 7. The number of aliphatic hydroxyl groups excluding tert-OH is 1. The average Bonchev–Trinajstić information content (AvgIpc) is 2.33. The van der Waals surface area contributed by atoms with Crippen LogP contribution >= 0.6 is 11.8 Å². The van der Waals surface area contributed by atoms with Crippen molar-refractivity contribution in [3.63, 3.8) is 0 Å². The number of thioether (sulfide) groups is 1. The molecule has 16 heavy (non-hydrogen) atoms. The third-order valence-corrected chi connectivity index (χ3v) is 3.08. The van der Waals surface area contributed by atoms with Crippen LogP contribution in [0.3, 0.4) is 0 Å². The molecule has 0 aliphatic carbocycles. The van der Waals surface area contributed by atoms with Gasteiger partial charge in [0.05, 0.1) is 6.10 Å². The Bertz CT molecular complexity index is 319. The van der Waals surface area contributed by atoms with Gasteiger partial charge < -0.3 is 5.11 Å². The summed E-state index contributed by atoms with van der Waals surface area (Å²) in [6, 6.07) is 10.3. The second kappa shape index (κ2) is 8.20. The maximum Gasteiger partial charge on any atom is 0.0724 e. The summed E-state index contributed by atoms with van der Waals surface area (Å²) in [5, 5.41) is 9.53. The van der Waals surface area contributed by atoms with Crippen molar-refractivity contribution >= 4 is 11.8 Å². The molecule has 0 spiro atoms. The van der Waals surface area contributed by atoms with Crippen LogP contribution in [0.2, 0.25) is 0 Å². The fraction of sp³-hybridized carbons (Fsp3) is 0.286. The van der Waals surface area contributed by atoms with Crippen LogP contribution < -0.4 is 0 Å². The first-order valence-corrected chi connectivity index (χ1v) is 6.45. The lowest BCUT2D eigenvalue weighted by Gasteiger charge is -2.02. The van der Waals surface area contributed by atoms with Crippen LogP contribution in [0, 0.1) is 0 Å². The minimum Gasteiger partial charge on any atom is -0.389 e. The van der Waals surface area contributed by atoms with E-state index >= 15 is 0 Å². The number of allylic oxidation sites excluding steroid dienone is 1. The summed E-state index contributed by atoms with van der Waals surface area (Å²) in [5.74, 6) is 0.898. The molecule has 1 atom stereocenters. The number of benzene rings is 1. The first-order chi connectivity index (χ1) is 7.83. The van der Waals surface area contributed by atoms with E-state index in [1.807, 2.05) is 36.4 Å². The molecule has 0 aliphatic heterocycles. The maximum absolute atomic E-state index is 9.53. The molecular formula is C14H18OS.